The van der Waals surface area contributed by atoms with Crippen LogP contribution < -0.4 is 14.4 Å². The Morgan fingerprint density at radius 3 is 2.19 bits per heavy atom. The van der Waals surface area contributed by atoms with Gasteiger partial charge in [0.2, 0.25) is 0 Å². The number of benzene rings is 2. The highest BCUT2D eigenvalue weighted by Crippen LogP contribution is 2.24. The van der Waals surface area contributed by atoms with E-state index in [1.807, 2.05) is 0 Å². The largest absolute Gasteiger partial charge is 0.497 e. The van der Waals surface area contributed by atoms with Crippen LogP contribution in [0.25, 0.3) is 0 Å². The summed E-state index contributed by atoms with van der Waals surface area (Å²) >= 11 is 0. The Labute approximate surface area is 153 Å². The van der Waals surface area contributed by atoms with Gasteiger partial charge in [0.25, 0.3) is 15.9 Å². The van der Waals surface area contributed by atoms with E-state index in [4.69, 9.17) is 9.47 Å². The average Bonchev–Trinajstić information content (AvgIpc) is 2.67. The first kappa shape index (κ1) is 19.7. The van der Waals surface area contributed by atoms with E-state index in [0.29, 0.717) is 30.2 Å². The van der Waals surface area contributed by atoms with Gasteiger partial charge in [-0.25, -0.2) is 8.42 Å². The third-order valence-electron chi connectivity index (χ3n) is 3.80. The Bertz CT molecular complexity index is 833. The minimum absolute atomic E-state index is 0.155. The van der Waals surface area contributed by atoms with Crippen molar-refractivity contribution in [3.8, 4) is 5.75 Å². The van der Waals surface area contributed by atoms with Crippen molar-refractivity contribution in [3.05, 3.63) is 54.1 Å². The van der Waals surface area contributed by atoms with Gasteiger partial charge in [-0.2, -0.15) is 0 Å². The number of ether oxygens (including phenoxy) is 2. The molecule has 0 atom stereocenters. The maximum Gasteiger partial charge on any atom is 0.264 e. The Morgan fingerprint density at radius 1 is 1.04 bits per heavy atom. The van der Waals surface area contributed by atoms with E-state index in [-0.39, 0.29) is 10.8 Å². The number of nitrogens with zero attached hydrogens (tertiary/aromatic N) is 1. The zero-order valence-corrected chi connectivity index (χ0v) is 15.7. The lowest BCUT2D eigenvalue weighted by Crippen LogP contribution is -2.28. The van der Waals surface area contributed by atoms with Gasteiger partial charge in [0.1, 0.15) is 5.75 Å². The molecule has 0 fully saturated rings. The Balaban J connectivity index is 2.15. The van der Waals surface area contributed by atoms with Crippen molar-refractivity contribution < 1.29 is 22.7 Å². The molecule has 2 aromatic rings. The molecular weight excluding hydrogens is 356 g/mol. The molecule has 0 bridgehead atoms. The molecule has 7 nitrogen and oxygen atoms in total. The molecular formula is C18H22N2O5S. The quantitative estimate of drug-likeness (QED) is 0.709. The predicted octanol–water partition coefficient (Wildman–Crippen LogP) is 1.90. The topological polar surface area (TPSA) is 84.9 Å². The molecule has 0 unspecified atom stereocenters. The number of amides is 1. The van der Waals surface area contributed by atoms with Crippen LogP contribution in [0.3, 0.4) is 0 Å². The maximum atomic E-state index is 12.7. The molecule has 1 amide bonds. The van der Waals surface area contributed by atoms with Crippen LogP contribution in [-0.4, -0.2) is 48.7 Å². The number of rotatable bonds is 8. The molecule has 140 valence electrons. The van der Waals surface area contributed by atoms with Crippen molar-refractivity contribution in [2.24, 2.45) is 0 Å². The SMILES string of the molecule is COCCNC(=O)c1ccc(N(C)S(=O)(=O)c2ccc(OC)cc2)cc1. The Kier molecular flexibility index (Phi) is 6.59. The van der Waals surface area contributed by atoms with Crippen molar-refractivity contribution in [1.82, 2.24) is 5.32 Å². The third kappa shape index (κ3) is 4.53. The number of carbonyl (C=O) groups is 1. The first-order chi connectivity index (χ1) is 12.4. The van der Waals surface area contributed by atoms with E-state index in [2.05, 4.69) is 5.32 Å². The molecule has 0 aliphatic rings. The number of methoxy groups -OCH3 is 2. The van der Waals surface area contributed by atoms with Gasteiger partial charge < -0.3 is 14.8 Å². The summed E-state index contributed by atoms with van der Waals surface area (Å²) in [4.78, 5) is 12.1. The number of hydrogen-bond acceptors (Lipinski definition) is 5. The van der Waals surface area contributed by atoms with Crippen molar-refractivity contribution >= 4 is 21.6 Å². The lowest BCUT2D eigenvalue weighted by molar-refractivity contribution is 0.0937. The fraction of sp³-hybridized carbons (Fsp3) is 0.278. The van der Waals surface area contributed by atoms with Crippen LogP contribution in [0.4, 0.5) is 5.69 Å². The van der Waals surface area contributed by atoms with E-state index >= 15 is 0 Å². The van der Waals surface area contributed by atoms with Crippen LogP contribution >= 0.6 is 0 Å². The number of carbonyl (C=O) groups excluding carboxylic acids is 1. The summed E-state index contributed by atoms with van der Waals surface area (Å²) in [7, 11) is 0.831. The molecule has 8 heteroatoms. The molecule has 2 rings (SSSR count). The molecule has 0 heterocycles. The third-order valence-corrected chi connectivity index (χ3v) is 5.60. The van der Waals surface area contributed by atoms with Gasteiger partial charge in [-0.05, 0) is 48.5 Å². The van der Waals surface area contributed by atoms with Gasteiger partial charge in [-0.3, -0.25) is 9.10 Å². The van der Waals surface area contributed by atoms with Gasteiger partial charge >= 0.3 is 0 Å². The Hall–Kier alpha value is -2.58. The fourth-order valence-corrected chi connectivity index (χ4v) is 3.43. The smallest absolute Gasteiger partial charge is 0.264 e. The van der Waals surface area contributed by atoms with Gasteiger partial charge in [0, 0.05) is 26.3 Å². The lowest BCUT2D eigenvalue weighted by Gasteiger charge is -2.20. The molecule has 0 radical (unpaired) electrons. The second-order valence-electron chi connectivity index (χ2n) is 5.44. The number of nitrogens with one attached hydrogen (secondary N) is 1. The van der Waals surface area contributed by atoms with Crippen molar-refractivity contribution in [1.29, 1.82) is 0 Å². The van der Waals surface area contributed by atoms with Gasteiger partial charge in [-0.1, -0.05) is 0 Å². The van der Waals surface area contributed by atoms with Crippen molar-refractivity contribution in [2.75, 3.05) is 38.7 Å². The van der Waals surface area contributed by atoms with Crippen LogP contribution in [0.5, 0.6) is 5.75 Å². The summed E-state index contributed by atoms with van der Waals surface area (Å²) in [6.45, 7) is 0.829. The molecule has 1 N–H and O–H groups in total. The molecule has 0 aromatic heterocycles. The summed E-state index contributed by atoms with van der Waals surface area (Å²) in [6.07, 6.45) is 0. The fourth-order valence-electron chi connectivity index (χ4n) is 2.24. The molecule has 2 aromatic carbocycles. The second kappa shape index (κ2) is 8.68. The summed E-state index contributed by atoms with van der Waals surface area (Å²) in [5.41, 5.74) is 0.898. The van der Waals surface area contributed by atoms with Crippen LogP contribution in [-0.2, 0) is 14.8 Å². The Morgan fingerprint density at radius 2 is 1.65 bits per heavy atom. The first-order valence-corrected chi connectivity index (χ1v) is 9.34. The summed E-state index contributed by atoms with van der Waals surface area (Å²) in [6, 6.07) is 12.5. The highest BCUT2D eigenvalue weighted by molar-refractivity contribution is 7.92. The first-order valence-electron chi connectivity index (χ1n) is 7.90. The normalized spacial score (nSPS) is 11.0. The number of hydrogen-bond donors (Lipinski definition) is 1. The molecule has 0 saturated carbocycles. The van der Waals surface area contributed by atoms with Crippen LogP contribution in [0.2, 0.25) is 0 Å². The molecule has 0 spiro atoms. The monoisotopic (exact) mass is 378 g/mol. The van der Waals surface area contributed by atoms with E-state index in [9.17, 15) is 13.2 Å². The van der Waals surface area contributed by atoms with E-state index in [1.165, 1.54) is 30.6 Å². The standard InChI is InChI=1S/C18H22N2O5S/c1-20(26(22,23)17-10-8-16(25-3)9-11-17)15-6-4-14(5-7-15)18(21)19-12-13-24-2/h4-11H,12-13H2,1-3H3,(H,19,21). The van der Waals surface area contributed by atoms with Gasteiger partial charge in [0.15, 0.2) is 0 Å². The van der Waals surface area contributed by atoms with E-state index in [1.54, 1.807) is 43.5 Å². The summed E-state index contributed by atoms with van der Waals surface area (Å²) < 4.78 is 36.5. The second-order valence-corrected chi connectivity index (χ2v) is 7.41. The maximum absolute atomic E-state index is 12.7. The average molecular weight is 378 g/mol. The van der Waals surface area contributed by atoms with Crippen molar-refractivity contribution in [3.63, 3.8) is 0 Å². The van der Waals surface area contributed by atoms with Crippen LogP contribution in [0.1, 0.15) is 10.4 Å². The van der Waals surface area contributed by atoms with Gasteiger partial charge in [-0.15, -0.1) is 0 Å². The zero-order chi connectivity index (χ0) is 19.2. The minimum atomic E-state index is -3.71. The van der Waals surface area contributed by atoms with E-state index in [0.717, 1.165) is 0 Å². The molecule has 26 heavy (non-hydrogen) atoms. The molecule has 0 aliphatic heterocycles. The summed E-state index contributed by atoms with van der Waals surface area (Å²) in [5.74, 6) is 0.338. The van der Waals surface area contributed by atoms with Gasteiger partial charge in [0.05, 0.1) is 24.3 Å². The highest BCUT2D eigenvalue weighted by atomic mass is 32.2. The highest BCUT2D eigenvalue weighted by Gasteiger charge is 2.21. The van der Waals surface area contributed by atoms with Crippen molar-refractivity contribution in [2.45, 2.75) is 4.90 Å². The zero-order valence-electron chi connectivity index (χ0n) is 14.9. The van der Waals surface area contributed by atoms with Crippen LogP contribution in [0, 0.1) is 0 Å². The van der Waals surface area contributed by atoms with Crippen LogP contribution in [0.15, 0.2) is 53.4 Å². The lowest BCUT2D eigenvalue weighted by atomic mass is 10.2. The molecule has 0 saturated heterocycles. The summed E-state index contributed by atoms with van der Waals surface area (Å²) in [5, 5.41) is 2.71. The van der Waals surface area contributed by atoms with E-state index < -0.39 is 10.0 Å². The number of sulfonamides is 1. The molecule has 0 aliphatic carbocycles. The number of anilines is 1. The predicted molar refractivity (Wildman–Crippen MR) is 99.2 cm³/mol. The minimum Gasteiger partial charge on any atom is -0.497 e.